The van der Waals surface area contributed by atoms with E-state index in [1.165, 1.54) is 4.88 Å². The molecule has 2 rings (SSSR count). The van der Waals surface area contributed by atoms with Crippen LogP contribution in [0.15, 0.2) is 29.6 Å². The van der Waals surface area contributed by atoms with Crippen LogP contribution in [0.25, 0.3) is 0 Å². The summed E-state index contributed by atoms with van der Waals surface area (Å²) in [6.45, 7) is 4.20. The van der Waals surface area contributed by atoms with Crippen molar-refractivity contribution >= 4 is 34.3 Å². The lowest BCUT2D eigenvalue weighted by atomic mass is 10.1. The maximum absolute atomic E-state index is 6.05. The second kappa shape index (κ2) is 5.63. The Hall–Kier alpha value is -1.19. The minimum atomic E-state index is 0.363. The quantitative estimate of drug-likeness (QED) is 0.818. The van der Waals surface area contributed by atoms with Crippen LogP contribution in [0.5, 0.6) is 0 Å². The number of thiophene rings is 1. The first-order valence-corrected chi connectivity index (χ1v) is 7.16. The third-order valence-electron chi connectivity index (χ3n) is 2.83. The molecule has 18 heavy (non-hydrogen) atoms. The Balaban J connectivity index is 2.07. The summed E-state index contributed by atoms with van der Waals surface area (Å²) in [5.74, 6) is 0. The second-order valence-corrected chi connectivity index (χ2v) is 5.96. The summed E-state index contributed by atoms with van der Waals surface area (Å²) < 4.78 is 0. The summed E-state index contributed by atoms with van der Waals surface area (Å²) in [4.78, 5) is 1.38. The predicted octanol–water partition coefficient (Wildman–Crippen LogP) is 4.34. The highest BCUT2D eigenvalue weighted by Crippen LogP contribution is 2.27. The molecule has 0 aliphatic rings. The number of rotatable bonds is 4. The fraction of sp³-hybridized carbons (Fsp3) is 0.286. The van der Waals surface area contributed by atoms with Gasteiger partial charge in [-0.05, 0) is 43.0 Å². The van der Waals surface area contributed by atoms with Gasteiger partial charge in [-0.2, -0.15) is 0 Å². The summed E-state index contributed by atoms with van der Waals surface area (Å²) in [5.41, 5.74) is 8.58. The van der Waals surface area contributed by atoms with Gasteiger partial charge >= 0.3 is 0 Å². The van der Waals surface area contributed by atoms with E-state index in [1.54, 1.807) is 11.3 Å². The van der Waals surface area contributed by atoms with Gasteiger partial charge in [-0.25, -0.2) is 0 Å². The van der Waals surface area contributed by atoms with Gasteiger partial charge in [0.1, 0.15) is 0 Å². The summed E-state index contributed by atoms with van der Waals surface area (Å²) in [6, 6.07) is 8.41. The number of aryl methyl sites for hydroxylation is 1. The molecule has 1 aromatic carbocycles. The molecular weight excluding hydrogens is 264 g/mol. The first-order valence-electron chi connectivity index (χ1n) is 5.91. The van der Waals surface area contributed by atoms with Crippen molar-refractivity contribution in [3.8, 4) is 0 Å². The lowest BCUT2D eigenvalue weighted by Gasteiger charge is -2.17. The SMILES string of the molecule is Cc1cc(N)c(Cl)cc1NC(C)Cc1cccs1. The summed E-state index contributed by atoms with van der Waals surface area (Å²) in [6.07, 6.45) is 1.01. The minimum Gasteiger partial charge on any atom is -0.398 e. The first-order chi connectivity index (χ1) is 8.56. The smallest absolute Gasteiger partial charge is 0.0656 e. The molecule has 4 heteroatoms. The number of nitrogen functional groups attached to an aromatic ring is 1. The number of benzene rings is 1. The van der Waals surface area contributed by atoms with E-state index in [9.17, 15) is 0 Å². The van der Waals surface area contributed by atoms with E-state index in [-0.39, 0.29) is 0 Å². The zero-order valence-corrected chi connectivity index (χ0v) is 12.1. The minimum absolute atomic E-state index is 0.363. The Morgan fingerprint density at radius 2 is 2.22 bits per heavy atom. The van der Waals surface area contributed by atoms with Crippen molar-refractivity contribution < 1.29 is 0 Å². The molecule has 0 spiro atoms. The van der Waals surface area contributed by atoms with Crippen molar-refractivity contribution in [1.82, 2.24) is 0 Å². The molecular formula is C14H17ClN2S. The largest absolute Gasteiger partial charge is 0.398 e. The molecule has 0 radical (unpaired) electrons. The Morgan fingerprint density at radius 3 is 2.89 bits per heavy atom. The molecule has 1 heterocycles. The molecule has 0 fully saturated rings. The number of hydrogen-bond donors (Lipinski definition) is 2. The summed E-state index contributed by atoms with van der Waals surface area (Å²) in [7, 11) is 0. The van der Waals surface area contributed by atoms with Crippen molar-refractivity contribution in [3.63, 3.8) is 0 Å². The molecule has 2 nitrogen and oxygen atoms in total. The van der Waals surface area contributed by atoms with E-state index in [2.05, 4.69) is 29.8 Å². The van der Waals surface area contributed by atoms with Gasteiger partial charge in [-0.3, -0.25) is 0 Å². The molecule has 96 valence electrons. The number of nitrogens with one attached hydrogen (secondary N) is 1. The van der Waals surface area contributed by atoms with E-state index < -0.39 is 0 Å². The van der Waals surface area contributed by atoms with Crippen molar-refractivity contribution in [2.75, 3.05) is 11.1 Å². The fourth-order valence-corrected chi connectivity index (χ4v) is 2.91. The molecule has 1 atom stereocenters. The topological polar surface area (TPSA) is 38.0 Å². The molecule has 1 aromatic heterocycles. The molecule has 0 saturated carbocycles. The van der Waals surface area contributed by atoms with Crippen LogP contribution in [0.3, 0.4) is 0 Å². The van der Waals surface area contributed by atoms with E-state index in [1.807, 2.05) is 19.1 Å². The lowest BCUT2D eigenvalue weighted by molar-refractivity contribution is 0.799. The maximum Gasteiger partial charge on any atom is 0.0656 e. The molecule has 0 aliphatic carbocycles. The van der Waals surface area contributed by atoms with Crippen LogP contribution in [-0.4, -0.2) is 6.04 Å². The van der Waals surface area contributed by atoms with Crippen LogP contribution in [0.2, 0.25) is 5.02 Å². The zero-order chi connectivity index (χ0) is 13.1. The normalized spacial score (nSPS) is 12.4. The maximum atomic E-state index is 6.05. The average Bonchev–Trinajstić information content (AvgIpc) is 2.78. The summed E-state index contributed by atoms with van der Waals surface area (Å²) in [5, 5.41) is 6.19. The van der Waals surface area contributed by atoms with Gasteiger partial charge in [-0.15, -0.1) is 11.3 Å². The van der Waals surface area contributed by atoms with Gasteiger partial charge < -0.3 is 11.1 Å². The van der Waals surface area contributed by atoms with Crippen molar-refractivity contribution in [1.29, 1.82) is 0 Å². The zero-order valence-electron chi connectivity index (χ0n) is 10.5. The highest BCUT2D eigenvalue weighted by Gasteiger charge is 2.08. The third kappa shape index (κ3) is 3.18. The number of halogens is 1. The van der Waals surface area contributed by atoms with Gasteiger partial charge in [0.2, 0.25) is 0 Å². The van der Waals surface area contributed by atoms with Gasteiger partial charge in [-0.1, -0.05) is 17.7 Å². The third-order valence-corrected chi connectivity index (χ3v) is 4.06. The molecule has 2 aromatic rings. The van der Waals surface area contributed by atoms with Crippen molar-refractivity contribution in [2.45, 2.75) is 26.3 Å². The van der Waals surface area contributed by atoms with Crippen LogP contribution in [0.1, 0.15) is 17.4 Å². The Morgan fingerprint density at radius 1 is 1.44 bits per heavy atom. The fourth-order valence-electron chi connectivity index (χ4n) is 1.91. The molecule has 0 bridgehead atoms. The molecule has 3 N–H and O–H groups in total. The van der Waals surface area contributed by atoms with Gasteiger partial charge in [0, 0.05) is 23.0 Å². The highest BCUT2D eigenvalue weighted by molar-refractivity contribution is 7.09. The van der Waals surface area contributed by atoms with Crippen molar-refractivity contribution in [2.24, 2.45) is 0 Å². The Kier molecular flexibility index (Phi) is 4.15. The van der Waals surface area contributed by atoms with E-state index in [0.29, 0.717) is 16.8 Å². The molecule has 0 saturated heterocycles. The van der Waals surface area contributed by atoms with Crippen LogP contribution in [-0.2, 0) is 6.42 Å². The standard InChI is InChI=1S/C14H17ClN2S/c1-9-6-13(16)12(15)8-14(9)17-10(2)7-11-4-3-5-18-11/h3-6,8,10,17H,7,16H2,1-2H3. The second-order valence-electron chi connectivity index (χ2n) is 4.52. The van der Waals surface area contributed by atoms with Crippen LogP contribution in [0.4, 0.5) is 11.4 Å². The van der Waals surface area contributed by atoms with E-state index in [0.717, 1.165) is 17.7 Å². The Bertz CT molecular complexity index is 523. The van der Waals surface area contributed by atoms with Crippen molar-refractivity contribution in [3.05, 3.63) is 45.1 Å². The van der Waals surface area contributed by atoms with Crippen LogP contribution >= 0.6 is 22.9 Å². The number of anilines is 2. The Labute approximate surface area is 117 Å². The van der Waals surface area contributed by atoms with E-state index >= 15 is 0 Å². The van der Waals surface area contributed by atoms with Gasteiger partial charge in [0.15, 0.2) is 0 Å². The van der Waals surface area contributed by atoms with Gasteiger partial charge in [0.25, 0.3) is 0 Å². The molecule has 0 aliphatic heterocycles. The number of hydrogen-bond acceptors (Lipinski definition) is 3. The monoisotopic (exact) mass is 280 g/mol. The molecule has 0 amide bonds. The highest BCUT2D eigenvalue weighted by atomic mass is 35.5. The number of nitrogens with two attached hydrogens (primary N) is 1. The van der Waals surface area contributed by atoms with Crippen LogP contribution < -0.4 is 11.1 Å². The van der Waals surface area contributed by atoms with E-state index in [4.69, 9.17) is 17.3 Å². The lowest BCUT2D eigenvalue weighted by Crippen LogP contribution is -2.18. The predicted molar refractivity (Wildman–Crippen MR) is 81.7 cm³/mol. The average molecular weight is 281 g/mol. The summed E-state index contributed by atoms with van der Waals surface area (Å²) >= 11 is 7.83. The molecule has 1 unspecified atom stereocenters. The van der Waals surface area contributed by atoms with Crippen LogP contribution in [0, 0.1) is 6.92 Å². The first kappa shape index (κ1) is 13.2. The van der Waals surface area contributed by atoms with Gasteiger partial charge in [0.05, 0.1) is 10.7 Å².